The molecule has 3 heteroatoms. The van der Waals surface area contributed by atoms with Gasteiger partial charge in [0.05, 0.1) is 12.5 Å². The van der Waals surface area contributed by atoms with Crippen molar-refractivity contribution in [2.24, 2.45) is 5.92 Å². The summed E-state index contributed by atoms with van der Waals surface area (Å²) in [5.41, 5.74) is 1.41. The highest BCUT2D eigenvalue weighted by Gasteiger charge is 2.24. The minimum absolute atomic E-state index is 0.0734. The van der Waals surface area contributed by atoms with Gasteiger partial charge in [0.25, 0.3) is 0 Å². The van der Waals surface area contributed by atoms with E-state index in [4.69, 9.17) is 8.85 Å². The zero-order chi connectivity index (χ0) is 17.0. The summed E-state index contributed by atoms with van der Waals surface area (Å²) >= 11 is 0. The molecular weight excluding hydrogens is 252 g/mol. The normalized spacial score (nSPS) is 22.8. The van der Waals surface area contributed by atoms with Crippen LogP contribution in [0, 0.1) is 5.92 Å². The number of rotatable bonds is 5. The van der Waals surface area contributed by atoms with Gasteiger partial charge in [0.15, 0.2) is 0 Å². The third kappa shape index (κ3) is 3.47. The highest BCUT2D eigenvalue weighted by molar-refractivity contribution is 5.83. The maximum Gasteiger partial charge on any atom is 0.313 e. The van der Waals surface area contributed by atoms with E-state index in [1.165, 1.54) is 0 Å². The van der Waals surface area contributed by atoms with E-state index in [2.05, 4.69) is 0 Å². The van der Waals surface area contributed by atoms with Gasteiger partial charge in [-0.2, -0.15) is 0 Å². The summed E-state index contributed by atoms with van der Waals surface area (Å²) < 4.78 is 27.6. The van der Waals surface area contributed by atoms with Crippen LogP contribution < -0.4 is 0 Å². The van der Waals surface area contributed by atoms with Crippen molar-refractivity contribution in [2.75, 3.05) is 6.61 Å². The molecule has 2 rings (SSSR count). The number of esters is 1. The lowest BCUT2D eigenvalue weighted by atomic mass is 9.94. The summed E-state index contributed by atoms with van der Waals surface area (Å²) in [7, 11) is 0. The Kier molecular flexibility index (Phi) is 3.70. The van der Waals surface area contributed by atoms with Crippen molar-refractivity contribution in [1.29, 1.82) is 0 Å². The summed E-state index contributed by atoms with van der Waals surface area (Å²) in [6, 6.07) is 6.92. The van der Waals surface area contributed by atoms with E-state index in [-0.39, 0.29) is 12.5 Å². The number of benzene rings is 1. The molecule has 20 heavy (non-hydrogen) atoms. The molecule has 1 aromatic carbocycles. The summed E-state index contributed by atoms with van der Waals surface area (Å²) in [6.45, 7) is -0.654. The van der Waals surface area contributed by atoms with Crippen LogP contribution >= 0.6 is 0 Å². The molecule has 1 aliphatic rings. The van der Waals surface area contributed by atoms with Crippen LogP contribution in [-0.2, 0) is 20.7 Å². The molecule has 1 aromatic rings. The monoisotopic (exact) mass is 277 g/mol. The maximum atomic E-state index is 12.0. The predicted molar refractivity (Wildman–Crippen MR) is 77.5 cm³/mol. The molecule has 0 bridgehead atoms. The number of ether oxygens (including phenoxy) is 1. The topological polar surface area (TPSA) is 43.4 Å². The second-order valence-electron chi connectivity index (χ2n) is 5.19. The number of hydrogen-bond acceptors (Lipinski definition) is 3. The fraction of sp³-hybridized carbons (Fsp3) is 0.529. The lowest BCUT2D eigenvalue weighted by Crippen LogP contribution is -2.13. The van der Waals surface area contributed by atoms with Crippen LogP contribution in [0.3, 0.4) is 0 Å². The molecule has 2 unspecified atom stereocenters. The van der Waals surface area contributed by atoms with Crippen molar-refractivity contribution in [2.45, 2.75) is 45.4 Å². The minimum atomic E-state index is -2.45. The zero-order valence-corrected chi connectivity index (χ0v) is 11.7. The van der Waals surface area contributed by atoms with Gasteiger partial charge in [-0.25, -0.2) is 0 Å². The molecule has 1 fully saturated rings. The molecule has 0 N–H and O–H groups in total. The fourth-order valence-electron chi connectivity index (χ4n) is 2.60. The lowest BCUT2D eigenvalue weighted by molar-refractivity contribution is -0.144. The number of ketones is 1. The van der Waals surface area contributed by atoms with Gasteiger partial charge >= 0.3 is 5.97 Å². The third-order valence-electron chi connectivity index (χ3n) is 3.75. The van der Waals surface area contributed by atoms with Crippen LogP contribution in [0.15, 0.2) is 24.3 Å². The molecule has 0 heterocycles. The number of carbonyl (C=O) groups is 2. The largest absolute Gasteiger partial charge is 0.466 e. The fourth-order valence-corrected chi connectivity index (χ4v) is 2.60. The molecular formula is C17H22O3. The quantitative estimate of drug-likeness (QED) is 0.776. The molecule has 0 spiro atoms. The van der Waals surface area contributed by atoms with E-state index in [0.717, 1.165) is 18.4 Å². The highest BCUT2D eigenvalue weighted by atomic mass is 16.5. The SMILES string of the molecule is [2H]C([2H])([2H])C(C(=O)OCC)c1ccc(CC2CCCC2=O)cc1. The number of carbonyl (C=O) groups excluding carboxylic acids is 2. The summed E-state index contributed by atoms with van der Waals surface area (Å²) in [4.78, 5) is 23.7. The molecule has 0 amide bonds. The molecule has 0 saturated heterocycles. The van der Waals surface area contributed by atoms with Crippen molar-refractivity contribution in [1.82, 2.24) is 0 Å². The van der Waals surface area contributed by atoms with Gasteiger partial charge in [-0.05, 0) is 44.2 Å². The Balaban J connectivity index is 2.15. The van der Waals surface area contributed by atoms with Gasteiger partial charge in [-0.3, -0.25) is 9.59 Å². The summed E-state index contributed by atoms with van der Waals surface area (Å²) in [6.07, 6.45) is 3.20. The van der Waals surface area contributed by atoms with Crippen LogP contribution in [0.1, 0.15) is 54.2 Å². The first-order valence-electron chi connectivity index (χ1n) is 8.61. The first kappa shape index (κ1) is 11.1. The van der Waals surface area contributed by atoms with Gasteiger partial charge < -0.3 is 4.74 Å². The Labute approximate surface area is 124 Å². The van der Waals surface area contributed by atoms with Crippen LogP contribution in [-0.4, -0.2) is 18.4 Å². The molecule has 0 aliphatic heterocycles. The van der Waals surface area contributed by atoms with Gasteiger partial charge in [0.1, 0.15) is 5.78 Å². The van der Waals surface area contributed by atoms with E-state index in [1.807, 2.05) is 0 Å². The van der Waals surface area contributed by atoms with Gasteiger partial charge in [-0.1, -0.05) is 24.3 Å². The van der Waals surface area contributed by atoms with Crippen molar-refractivity contribution >= 4 is 11.8 Å². The first-order chi connectivity index (χ1) is 10.8. The van der Waals surface area contributed by atoms with Gasteiger partial charge in [0.2, 0.25) is 0 Å². The number of Topliss-reactive ketones (excluding diaryl/α,β-unsaturated/α-hetero) is 1. The van der Waals surface area contributed by atoms with Crippen LogP contribution in [0.2, 0.25) is 0 Å². The Morgan fingerprint density at radius 1 is 1.45 bits per heavy atom. The van der Waals surface area contributed by atoms with E-state index in [9.17, 15) is 9.59 Å². The van der Waals surface area contributed by atoms with Gasteiger partial charge in [-0.15, -0.1) is 0 Å². The zero-order valence-electron chi connectivity index (χ0n) is 14.7. The number of hydrogen-bond donors (Lipinski definition) is 0. The molecule has 108 valence electrons. The van der Waals surface area contributed by atoms with Crippen molar-refractivity contribution in [3.05, 3.63) is 35.4 Å². The van der Waals surface area contributed by atoms with Crippen molar-refractivity contribution in [3.8, 4) is 0 Å². The Bertz CT molecular complexity index is 563. The average Bonchev–Trinajstić information content (AvgIpc) is 2.85. The molecule has 1 saturated carbocycles. The maximum absolute atomic E-state index is 12.0. The highest BCUT2D eigenvalue weighted by Crippen LogP contribution is 2.26. The standard InChI is InChI=1S/C17H22O3/c1-3-20-17(19)12(2)14-9-7-13(8-10-14)11-15-5-4-6-16(15)18/h7-10,12,15H,3-6,11H2,1-2H3/i2D3. The molecule has 0 radical (unpaired) electrons. The Morgan fingerprint density at radius 2 is 2.20 bits per heavy atom. The van der Waals surface area contributed by atoms with Crippen LogP contribution in [0.25, 0.3) is 0 Å². The Hall–Kier alpha value is -1.64. The molecule has 1 aliphatic carbocycles. The van der Waals surface area contributed by atoms with Gasteiger partial charge in [0, 0.05) is 16.5 Å². The molecule has 2 atom stereocenters. The molecule has 3 nitrogen and oxygen atoms in total. The average molecular weight is 277 g/mol. The smallest absolute Gasteiger partial charge is 0.313 e. The molecule has 0 aromatic heterocycles. The predicted octanol–water partition coefficient (Wildman–Crippen LogP) is 3.26. The van der Waals surface area contributed by atoms with Crippen molar-refractivity contribution in [3.63, 3.8) is 0 Å². The van der Waals surface area contributed by atoms with E-state index >= 15 is 0 Å². The van der Waals surface area contributed by atoms with E-state index < -0.39 is 18.7 Å². The first-order valence-corrected chi connectivity index (χ1v) is 7.11. The summed E-state index contributed by atoms with van der Waals surface area (Å²) in [5, 5.41) is 0. The van der Waals surface area contributed by atoms with Crippen molar-refractivity contribution < 1.29 is 18.4 Å². The van der Waals surface area contributed by atoms with E-state index in [1.54, 1.807) is 31.2 Å². The van der Waals surface area contributed by atoms with Crippen LogP contribution in [0.4, 0.5) is 0 Å². The Morgan fingerprint density at radius 3 is 2.75 bits per heavy atom. The minimum Gasteiger partial charge on any atom is -0.466 e. The second kappa shape index (κ2) is 6.69. The third-order valence-corrected chi connectivity index (χ3v) is 3.75. The lowest BCUT2D eigenvalue weighted by Gasteiger charge is -2.12. The summed E-state index contributed by atoms with van der Waals surface area (Å²) in [5.74, 6) is -1.62. The van der Waals surface area contributed by atoms with Crippen LogP contribution in [0.5, 0.6) is 0 Å². The van der Waals surface area contributed by atoms with E-state index in [0.29, 0.717) is 24.2 Å². The second-order valence-corrected chi connectivity index (χ2v) is 5.19.